The fourth-order valence-corrected chi connectivity index (χ4v) is 3.91. The van der Waals surface area contributed by atoms with Gasteiger partial charge in [-0.05, 0) is 43.5 Å². The van der Waals surface area contributed by atoms with Crippen LogP contribution in [0.4, 0.5) is 0 Å². The molecule has 140 valence electrons. The molecule has 0 aliphatic carbocycles. The van der Waals surface area contributed by atoms with Crippen molar-refractivity contribution in [2.24, 2.45) is 0 Å². The first-order valence-corrected chi connectivity index (χ1v) is 9.97. The average Bonchev–Trinajstić information content (AvgIpc) is 3.02. The van der Waals surface area contributed by atoms with Crippen molar-refractivity contribution in [1.29, 1.82) is 0 Å². The van der Waals surface area contributed by atoms with E-state index in [0.717, 1.165) is 28.0 Å². The van der Waals surface area contributed by atoms with E-state index in [2.05, 4.69) is 78.5 Å². The average molecular weight is 380 g/mol. The summed E-state index contributed by atoms with van der Waals surface area (Å²) < 4.78 is 8.06. The molecule has 27 heavy (non-hydrogen) atoms. The van der Waals surface area contributed by atoms with Gasteiger partial charge in [0.05, 0.1) is 0 Å². The minimum absolute atomic E-state index is 0.385. The topological polar surface area (TPSA) is 39.9 Å². The number of nitrogens with zero attached hydrogens (tertiary/aromatic N) is 3. The number of aromatic nitrogens is 3. The number of ether oxygens (including phenoxy) is 1. The summed E-state index contributed by atoms with van der Waals surface area (Å²) in [6.45, 7) is 11.2. The molecule has 0 radical (unpaired) electrons. The molecule has 0 amide bonds. The van der Waals surface area contributed by atoms with E-state index in [1.807, 2.05) is 12.1 Å². The fourth-order valence-electron chi connectivity index (χ4n) is 2.86. The van der Waals surface area contributed by atoms with E-state index >= 15 is 0 Å². The maximum atomic E-state index is 5.99. The minimum atomic E-state index is 0.385. The summed E-state index contributed by atoms with van der Waals surface area (Å²) in [4.78, 5) is 0. The van der Waals surface area contributed by atoms with E-state index in [9.17, 15) is 0 Å². The van der Waals surface area contributed by atoms with Crippen LogP contribution in [0.5, 0.6) is 5.75 Å². The smallest absolute Gasteiger partial charge is 0.191 e. The van der Waals surface area contributed by atoms with Gasteiger partial charge in [0.15, 0.2) is 11.0 Å². The van der Waals surface area contributed by atoms with Crippen molar-refractivity contribution in [2.45, 2.75) is 44.8 Å². The van der Waals surface area contributed by atoms with Crippen molar-refractivity contribution in [1.82, 2.24) is 14.8 Å². The lowest BCUT2D eigenvalue weighted by atomic mass is 10.1. The summed E-state index contributed by atoms with van der Waals surface area (Å²) in [5.74, 6) is 2.55. The Bertz CT molecular complexity index is 933. The number of hydrogen-bond donors (Lipinski definition) is 0. The summed E-state index contributed by atoms with van der Waals surface area (Å²) in [6, 6.07) is 14.6. The largest absolute Gasteiger partial charge is 0.485 e. The van der Waals surface area contributed by atoms with Crippen molar-refractivity contribution < 1.29 is 4.74 Å². The van der Waals surface area contributed by atoms with Crippen LogP contribution >= 0.6 is 11.8 Å². The van der Waals surface area contributed by atoms with Crippen LogP contribution in [0, 0.1) is 20.8 Å². The molecule has 0 aliphatic heterocycles. The van der Waals surface area contributed by atoms with E-state index in [4.69, 9.17) is 4.74 Å². The lowest BCUT2D eigenvalue weighted by Crippen LogP contribution is -2.08. The zero-order valence-corrected chi connectivity index (χ0v) is 16.9. The molecule has 1 aromatic heterocycles. The molecule has 0 saturated heterocycles. The number of hydrogen-bond acceptors (Lipinski definition) is 4. The van der Waals surface area contributed by atoms with Crippen LogP contribution in [0.2, 0.25) is 0 Å². The van der Waals surface area contributed by atoms with Gasteiger partial charge in [-0.3, -0.25) is 4.57 Å². The van der Waals surface area contributed by atoms with Gasteiger partial charge in [0.1, 0.15) is 12.4 Å². The third kappa shape index (κ3) is 4.80. The number of aryl methyl sites for hydroxylation is 3. The van der Waals surface area contributed by atoms with Crippen molar-refractivity contribution in [2.75, 3.05) is 0 Å². The van der Waals surface area contributed by atoms with Gasteiger partial charge < -0.3 is 4.74 Å². The maximum Gasteiger partial charge on any atom is 0.191 e. The van der Waals surface area contributed by atoms with Gasteiger partial charge in [0.2, 0.25) is 0 Å². The lowest BCUT2D eigenvalue weighted by Gasteiger charge is -2.11. The van der Waals surface area contributed by atoms with Crippen molar-refractivity contribution >= 4 is 11.8 Å². The van der Waals surface area contributed by atoms with Crippen LogP contribution in [0.3, 0.4) is 0 Å². The number of thioether (sulfide) groups is 1. The quantitative estimate of drug-likeness (QED) is 0.395. The molecule has 0 spiro atoms. The molecule has 4 nitrogen and oxygen atoms in total. The summed E-state index contributed by atoms with van der Waals surface area (Å²) in [5, 5.41) is 9.61. The molecule has 0 unspecified atom stereocenters. The Morgan fingerprint density at radius 3 is 2.63 bits per heavy atom. The van der Waals surface area contributed by atoms with Crippen LogP contribution in [-0.2, 0) is 18.9 Å². The van der Waals surface area contributed by atoms with E-state index < -0.39 is 0 Å². The number of rotatable bonds is 8. The molecular weight excluding hydrogens is 354 g/mol. The standard InChI is InChI=1S/C22H25N3OS/c1-5-12-25-21(14-26-20-11-10-16(2)13-18(20)4)23-24-22(25)27-15-19-9-7-6-8-17(19)3/h5-11,13H,1,12,14-15H2,2-4H3. The van der Waals surface area contributed by atoms with Crippen molar-refractivity contribution in [3.8, 4) is 5.75 Å². The molecule has 0 saturated carbocycles. The van der Waals surface area contributed by atoms with Crippen LogP contribution in [-0.4, -0.2) is 14.8 Å². The number of allylic oxidation sites excluding steroid dienone is 1. The zero-order chi connectivity index (χ0) is 19.2. The summed E-state index contributed by atoms with van der Waals surface area (Å²) in [6.07, 6.45) is 1.86. The summed E-state index contributed by atoms with van der Waals surface area (Å²) in [5.41, 5.74) is 4.95. The molecule has 0 atom stereocenters. The van der Waals surface area contributed by atoms with Gasteiger partial charge in [-0.1, -0.05) is 59.8 Å². The first-order valence-electron chi connectivity index (χ1n) is 8.99. The molecule has 0 N–H and O–H groups in total. The third-order valence-electron chi connectivity index (χ3n) is 4.41. The molecule has 3 aromatic rings. The van der Waals surface area contributed by atoms with Crippen LogP contribution in [0.25, 0.3) is 0 Å². The number of benzene rings is 2. The fraction of sp³-hybridized carbons (Fsp3) is 0.273. The molecule has 5 heteroatoms. The Morgan fingerprint density at radius 1 is 1.07 bits per heavy atom. The highest BCUT2D eigenvalue weighted by molar-refractivity contribution is 7.98. The van der Waals surface area contributed by atoms with Gasteiger partial charge in [-0.2, -0.15) is 0 Å². The molecule has 0 fully saturated rings. The SMILES string of the molecule is C=CCn1c(COc2ccc(C)cc2C)nnc1SCc1ccccc1C. The van der Waals surface area contributed by atoms with Gasteiger partial charge >= 0.3 is 0 Å². The van der Waals surface area contributed by atoms with Gasteiger partial charge in [0.25, 0.3) is 0 Å². The predicted octanol–water partition coefficient (Wildman–Crippen LogP) is 5.26. The molecule has 0 bridgehead atoms. The Balaban J connectivity index is 1.72. The van der Waals surface area contributed by atoms with Crippen molar-refractivity contribution in [3.63, 3.8) is 0 Å². The van der Waals surface area contributed by atoms with Crippen LogP contribution in [0.1, 0.15) is 28.1 Å². The van der Waals surface area contributed by atoms with E-state index in [0.29, 0.717) is 13.2 Å². The van der Waals surface area contributed by atoms with E-state index in [-0.39, 0.29) is 0 Å². The Labute approximate surface area is 165 Å². The van der Waals surface area contributed by atoms with Crippen molar-refractivity contribution in [3.05, 3.63) is 83.2 Å². The van der Waals surface area contributed by atoms with Crippen LogP contribution in [0.15, 0.2) is 60.3 Å². The van der Waals surface area contributed by atoms with Gasteiger partial charge in [-0.15, -0.1) is 16.8 Å². The lowest BCUT2D eigenvalue weighted by molar-refractivity contribution is 0.287. The molecule has 0 aliphatic rings. The molecular formula is C22H25N3OS. The molecule has 1 heterocycles. The van der Waals surface area contributed by atoms with E-state index in [1.54, 1.807) is 11.8 Å². The highest BCUT2D eigenvalue weighted by Crippen LogP contribution is 2.25. The third-order valence-corrected chi connectivity index (χ3v) is 5.43. The second-order valence-corrected chi connectivity index (χ2v) is 7.51. The van der Waals surface area contributed by atoms with E-state index in [1.165, 1.54) is 16.7 Å². The summed E-state index contributed by atoms with van der Waals surface area (Å²) in [7, 11) is 0. The Kier molecular flexibility index (Phi) is 6.35. The normalized spacial score (nSPS) is 10.8. The first kappa shape index (κ1) is 19.2. The second kappa shape index (κ2) is 8.91. The zero-order valence-electron chi connectivity index (χ0n) is 16.1. The van der Waals surface area contributed by atoms with Gasteiger partial charge in [-0.25, -0.2) is 0 Å². The molecule has 3 rings (SSSR count). The maximum absolute atomic E-state index is 5.99. The Morgan fingerprint density at radius 2 is 1.89 bits per heavy atom. The first-order chi connectivity index (χ1) is 13.1. The van der Waals surface area contributed by atoms with Gasteiger partial charge in [0, 0.05) is 12.3 Å². The Hall–Kier alpha value is -2.53. The predicted molar refractivity (Wildman–Crippen MR) is 111 cm³/mol. The monoisotopic (exact) mass is 379 g/mol. The minimum Gasteiger partial charge on any atom is -0.485 e. The molecule has 2 aromatic carbocycles. The second-order valence-electron chi connectivity index (χ2n) is 6.57. The highest BCUT2D eigenvalue weighted by Gasteiger charge is 2.13. The highest BCUT2D eigenvalue weighted by atomic mass is 32.2. The summed E-state index contributed by atoms with van der Waals surface area (Å²) >= 11 is 1.69. The van der Waals surface area contributed by atoms with Crippen LogP contribution < -0.4 is 4.74 Å².